The van der Waals surface area contributed by atoms with Crippen molar-refractivity contribution in [2.24, 2.45) is 5.41 Å². The van der Waals surface area contributed by atoms with E-state index in [2.05, 4.69) is 58.1 Å². The molecule has 0 bridgehead atoms. The monoisotopic (exact) mass is 263 g/mol. The molecular weight excluding hydrogens is 234 g/mol. The number of nitrogens with one attached hydrogen (secondary N) is 1. The Morgan fingerprint density at radius 2 is 1.95 bits per heavy atom. The second-order valence-corrected chi connectivity index (χ2v) is 6.42. The van der Waals surface area contributed by atoms with E-state index in [1.165, 1.54) is 16.8 Å². The van der Waals surface area contributed by atoms with Crippen LogP contribution in [-0.4, -0.2) is 18.3 Å². The number of hydrogen-bond donors (Lipinski definition) is 2. The fourth-order valence-electron chi connectivity index (χ4n) is 1.92. The van der Waals surface area contributed by atoms with Crippen LogP contribution in [0.5, 0.6) is 0 Å². The number of anilines is 1. The number of benzene rings is 1. The molecule has 0 unspecified atom stereocenters. The van der Waals surface area contributed by atoms with E-state index in [-0.39, 0.29) is 6.61 Å². The molecule has 19 heavy (non-hydrogen) atoms. The van der Waals surface area contributed by atoms with Crippen molar-refractivity contribution in [1.29, 1.82) is 0 Å². The highest BCUT2D eigenvalue weighted by molar-refractivity contribution is 5.54. The van der Waals surface area contributed by atoms with E-state index in [9.17, 15) is 0 Å². The van der Waals surface area contributed by atoms with Crippen molar-refractivity contribution in [2.45, 2.75) is 53.4 Å². The first-order valence-corrected chi connectivity index (χ1v) is 7.37. The molecule has 0 saturated carbocycles. The van der Waals surface area contributed by atoms with Gasteiger partial charge in [0, 0.05) is 18.8 Å². The van der Waals surface area contributed by atoms with Gasteiger partial charge in [-0.2, -0.15) is 0 Å². The van der Waals surface area contributed by atoms with Crippen LogP contribution < -0.4 is 5.32 Å². The number of rotatable bonds is 7. The summed E-state index contributed by atoms with van der Waals surface area (Å²) in [5.41, 5.74) is 4.03. The Morgan fingerprint density at radius 3 is 2.47 bits per heavy atom. The molecule has 0 aliphatic heterocycles. The van der Waals surface area contributed by atoms with Gasteiger partial charge in [0.05, 0.1) is 0 Å². The van der Waals surface area contributed by atoms with Crippen molar-refractivity contribution in [3.63, 3.8) is 0 Å². The minimum atomic E-state index is 0.201. The smallest absolute Gasteiger partial charge is 0.0472 e. The first-order chi connectivity index (χ1) is 8.89. The van der Waals surface area contributed by atoms with Crippen molar-refractivity contribution < 1.29 is 5.11 Å². The Kier molecular flexibility index (Phi) is 5.86. The van der Waals surface area contributed by atoms with E-state index in [1.54, 1.807) is 0 Å². The van der Waals surface area contributed by atoms with Crippen molar-refractivity contribution >= 4 is 5.69 Å². The zero-order valence-corrected chi connectivity index (χ0v) is 13.1. The van der Waals surface area contributed by atoms with Crippen LogP contribution >= 0.6 is 0 Å². The summed E-state index contributed by atoms with van der Waals surface area (Å²) < 4.78 is 0. The Hall–Kier alpha value is -1.02. The quantitative estimate of drug-likeness (QED) is 0.773. The molecule has 0 fully saturated rings. The average molecular weight is 263 g/mol. The second kappa shape index (κ2) is 6.95. The van der Waals surface area contributed by atoms with E-state index >= 15 is 0 Å². The molecule has 0 spiro atoms. The maximum atomic E-state index is 9.17. The van der Waals surface area contributed by atoms with Gasteiger partial charge >= 0.3 is 0 Å². The molecule has 0 radical (unpaired) electrons. The predicted octanol–water partition coefficient (Wildman–Crippen LogP) is 4.19. The van der Waals surface area contributed by atoms with E-state index in [0.717, 1.165) is 13.0 Å². The molecule has 1 aromatic carbocycles. The lowest BCUT2D eigenvalue weighted by Gasteiger charge is -2.25. The predicted molar refractivity (Wildman–Crippen MR) is 83.9 cm³/mol. The largest absolute Gasteiger partial charge is 0.396 e. The zero-order chi connectivity index (χ0) is 14.5. The van der Waals surface area contributed by atoms with Gasteiger partial charge in [-0.05, 0) is 41.4 Å². The molecule has 0 aliphatic rings. The van der Waals surface area contributed by atoms with Crippen LogP contribution in [0, 0.1) is 5.41 Å². The molecule has 1 rings (SSSR count). The van der Waals surface area contributed by atoms with Crippen LogP contribution in [0.3, 0.4) is 0 Å². The highest BCUT2D eigenvalue weighted by atomic mass is 16.2. The fraction of sp³-hybridized carbons (Fsp3) is 0.647. The van der Waals surface area contributed by atoms with E-state index in [4.69, 9.17) is 5.11 Å². The van der Waals surface area contributed by atoms with Crippen molar-refractivity contribution in [3.8, 4) is 0 Å². The Bertz CT molecular complexity index is 396. The molecule has 0 aliphatic carbocycles. The summed E-state index contributed by atoms with van der Waals surface area (Å²) in [6, 6.07) is 6.56. The summed E-state index contributed by atoms with van der Waals surface area (Å²) in [6.45, 7) is 12.4. The van der Waals surface area contributed by atoms with E-state index in [0.29, 0.717) is 17.8 Å². The standard InChI is InChI=1S/C17H29NO/c1-6-17(4,5)12-18-16-11-15(13(2)3)8-7-14(16)9-10-19/h7-8,11,13,18-19H,6,9-10,12H2,1-5H3. The van der Waals surface area contributed by atoms with Crippen molar-refractivity contribution in [2.75, 3.05) is 18.5 Å². The molecule has 0 atom stereocenters. The summed E-state index contributed by atoms with van der Waals surface area (Å²) in [4.78, 5) is 0. The van der Waals surface area contributed by atoms with Gasteiger partial charge in [0.15, 0.2) is 0 Å². The number of aliphatic hydroxyl groups excluding tert-OH is 1. The normalized spacial score (nSPS) is 11.9. The highest BCUT2D eigenvalue weighted by Gasteiger charge is 2.15. The molecule has 0 heterocycles. The van der Waals surface area contributed by atoms with Gasteiger partial charge in [-0.1, -0.05) is 46.8 Å². The molecular formula is C17H29NO. The third kappa shape index (κ3) is 4.87. The van der Waals surface area contributed by atoms with Gasteiger partial charge in [-0.3, -0.25) is 0 Å². The maximum absolute atomic E-state index is 9.17. The molecule has 0 aromatic heterocycles. The summed E-state index contributed by atoms with van der Waals surface area (Å²) in [6.07, 6.45) is 1.87. The fourth-order valence-corrected chi connectivity index (χ4v) is 1.92. The SMILES string of the molecule is CCC(C)(C)CNc1cc(C(C)C)ccc1CCO. The summed E-state index contributed by atoms with van der Waals surface area (Å²) in [7, 11) is 0. The zero-order valence-electron chi connectivity index (χ0n) is 13.1. The lowest BCUT2D eigenvalue weighted by molar-refractivity contribution is 0.299. The van der Waals surface area contributed by atoms with Gasteiger partial charge in [0.2, 0.25) is 0 Å². The molecule has 0 saturated heterocycles. The van der Waals surface area contributed by atoms with Gasteiger partial charge in [0.1, 0.15) is 0 Å². The number of aliphatic hydroxyl groups is 1. The molecule has 2 heteroatoms. The molecule has 108 valence electrons. The second-order valence-electron chi connectivity index (χ2n) is 6.42. The third-order valence-electron chi connectivity index (χ3n) is 3.90. The minimum Gasteiger partial charge on any atom is -0.396 e. The topological polar surface area (TPSA) is 32.3 Å². The van der Waals surface area contributed by atoms with E-state index in [1.807, 2.05) is 0 Å². The molecule has 1 aromatic rings. The molecule has 2 nitrogen and oxygen atoms in total. The highest BCUT2D eigenvalue weighted by Crippen LogP contribution is 2.26. The lowest BCUT2D eigenvalue weighted by atomic mass is 9.90. The Morgan fingerprint density at radius 1 is 1.26 bits per heavy atom. The van der Waals surface area contributed by atoms with Crippen LogP contribution in [0.15, 0.2) is 18.2 Å². The van der Waals surface area contributed by atoms with Crippen LogP contribution in [0.1, 0.15) is 58.1 Å². The van der Waals surface area contributed by atoms with Crippen LogP contribution in [0.2, 0.25) is 0 Å². The first-order valence-electron chi connectivity index (χ1n) is 7.37. The Balaban J connectivity index is 2.91. The van der Waals surface area contributed by atoms with Crippen molar-refractivity contribution in [1.82, 2.24) is 0 Å². The lowest BCUT2D eigenvalue weighted by Crippen LogP contribution is -2.22. The maximum Gasteiger partial charge on any atom is 0.0472 e. The third-order valence-corrected chi connectivity index (χ3v) is 3.90. The van der Waals surface area contributed by atoms with Gasteiger partial charge in [-0.25, -0.2) is 0 Å². The summed E-state index contributed by atoms with van der Waals surface area (Å²) in [5.74, 6) is 0.530. The molecule has 0 amide bonds. The first kappa shape index (κ1) is 16.0. The minimum absolute atomic E-state index is 0.201. The average Bonchev–Trinajstić information content (AvgIpc) is 2.37. The van der Waals surface area contributed by atoms with Crippen molar-refractivity contribution in [3.05, 3.63) is 29.3 Å². The summed E-state index contributed by atoms with van der Waals surface area (Å²) >= 11 is 0. The molecule has 2 N–H and O–H groups in total. The van der Waals surface area contributed by atoms with Crippen LogP contribution in [0.4, 0.5) is 5.69 Å². The summed E-state index contributed by atoms with van der Waals surface area (Å²) in [5, 5.41) is 12.7. The van der Waals surface area contributed by atoms with Gasteiger partial charge in [0.25, 0.3) is 0 Å². The van der Waals surface area contributed by atoms with Gasteiger partial charge < -0.3 is 10.4 Å². The van der Waals surface area contributed by atoms with Crippen LogP contribution in [0.25, 0.3) is 0 Å². The Labute approximate surface area is 118 Å². The van der Waals surface area contributed by atoms with E-state index < -0.39 is 0 Å². The number of hydrogen-bond acceptors (Lipinski definition) is 2. The van der Waals surface area contributed by atoms with Gasteiger partial charge in [-0.15, -0.1) is 0 Å². The van der Waals surface area contributed by atoms with Crippen LogP contribution in [-0.2, 0) is 6.42 Å².